The van der Waals surface area contributed by atoms with E-state index in [0.29, 0.717) is 12.2 Å². The SMILES string of the molecule is COc1ccc(-n2nc(-c3cccn3C)cc2C(=O)NCCCN2CCOCC2)cc1. The van der Waals surface area contributed by atoms with Crippen LogP contribution < -0.4 is 10.1 Å². The number of hydrogen-bond donors (Lipinski definition) is 1. The maximum Gasteiger partial charge on any atom is 0.270 e. The second kappa shape index (κ2) is 9.80. The number of nitrogens with zero attached hydrogens (tertiary/aromatic N) is 4. The maximum absolute atomic E-state index is 13.0. The van der Waals surface area contributed by atoms with E-state index in [0.717, 1.165) is 62.1 Å². The molecule has 8 nitrogen and oxygen atoms in total. The standard InChI is InChI=1S/C23H29N5O3/c1-26-11-3-5-21(26)20-17-22(28(25-20)18-6-8-19(30-2)9-7-18)23(29)24-10-4-12-27-13-15-31-16-14-27/h3,5-9,11,17H,4,10,12-16H2,1-2H3,(H,24,29). The first-order chi connectivity index (χ1) is 15.2. The Morgan fingerprint density at radius 3 is 2.65 bits per heavy atom. The lowest BCUT2D eigenvalue weighted by molar-refractivity contribution is 0.0374. The smallest absolute Gasteiger partial charge is 0.270 e. The highest BCUT2D eigenvalue weighted by molar-refractivity contribution is 5.94. The molecule has 1 fully saturated rings. The van der Waals surface area contributed by atoms with Gasteiger partial charge in [0.1, 0.15) is 17.1 Å². The summed E-state index contributed by atoms with van der Waals surface area (Å²) in [5, 5.41) is 7.79. The topological polar surface area (TPSA) is 73.5 Å². The molecule has 1 saturated heterocycles. The van der Waals surface area contributed by atoms with Crippen LogP contribution in [0.25, 0.3) is 17.1 Å². The van der Waals surface area contributed by atoms with Crippen molar-refractivity contribution in [3.8, 4) is 22.8 Å². The van der Waals surface area contributed by atoms with Gasteiger partial charge in [0.15, 0.2) is 0 Å². The van der Waals surface area contributed by atoms with Crippen LogP contribution in [0.15, 0.2) is 48.7 Å². The first kappa shape index (κ1) is 21.1. The van der Waals surface area contributed by atoms with Crippen molar-refractivity contribution in [1.29, 1.82) is 0 Å². The highest BCUT2D eigenvalue weighted by atomic mass is 16.5. The highest BCUT2D eigenvalue weighted by Gasteiger charge is 2.19. The monoisotopic (exact) mass is 423 g/mol. The van der Waals surface area contributed by atoms with Crippen molar-refractivity contribution < 1.29 is 14.3 Å². The summed E-state index contributed by atoms with van der Waals surface area (Å²) < 4.78 is 14.3. The number of carbonyl (C=O) groups is 1. The van der Waals surface area contributed by atoms with Crippen LogP contribution in [0.2, 0.25) is 0 Å². The Kier molecular flexibility index (Phi) is 6.69. The number of aromatic nitrogens is 3. The molecule has 1 aliphatic heterocycles. The van der Waals surface area contributed by atoms with E-state index >= 15 is 0 Å². The van der Waals surface area contributed by atoms with Gasteiger partial charge in [0.2, 0.25) is 0 Å². The number of benzene rings is 1. The molecule has 0 spiro atoms. The average Bonchev–Trinajstić information content (AvgIpc) is 3.43. The van der Waals surface area contributed by atoms with Crippen molar-refractivity contribution in [2.24, 2.45) is 7.05 Å². The highest BCUT2D eigenvalue weighted by Crippen LogP contribution is 2.23. The second-order valence-electron chi connectivity index (χ2n) is 7.59. The largest absolute Gasteiger partial charge is 0.497 e. The number of ether oxygens (including phenoxy) is 2. The van der Waals surface area contributed by atoms with Crippen molar-refractivity contribution in [3.63, 3.8) is 0 Å². The molecular weight excluding hydrogens is 394 g/mol. The molecule has 0 radical (unpaired) electrons. The van der Waals surface area contributed by atoms with Gasteiger partial charge < -0.3 is 19.4 Å². The fourth-order valence-corrected chi connectivity index (χ4v) is 3.74. The summed E-state index contributed by atoms with van der Waals surface area (Å²) >= 11 is 0. The third kappa shape index (κ3) is 4.98. The molecule has 0 atom stereocenters. The van der Waals surface area contributed by atoms with E-state index in [2.05, 4.69) is 10.2 Å². The Morgan fingerprint density at radius 2 is 1.97 bits per heavy atom. The molecule has 3 heterocycles. The zero-order valence-electron chi connectivity index (χ0n) is 18.1. The Bertz CT molecular complexity index is 1000. The summed E-state index contributed by atoms with van der Waals surface area (Å²) in [4.78, 5) is 15.4. The molecule has 0 bridgehead atoms. The van der Waals surface area contributed by atoms with Gasteiger partial charge in [0.05, 0.1) is 31.7 Å². The molecule has 0 saturated carbocycles. The zero-order valence-corrected chi connectivity index (χ0v) is 18.1. The summed E-state index contributed by atoms with van der Waals surface area (Å²) in [6.45, 7) is 5.06. The number of rotatable bonds is 8. The van der Waals surface area contributed by atoms with E-state index in [-0.39, 0.29) is 5.91 Å². The average molecular weight is 424 g/mol. The molecule has 1 N–H and O–H groups in total. The Hall–Kier alpha value is -3.10. The lowest BCUT2D eigenvalue weighted by Crippen LogP contribution is -2.38. The van der Waals surface area contributed by atoms with E-state index < -0.39 is 0 Å². The summed E-state index contributed by atoms with van der Waals surface area (Å²) in [5.41, 5.74) is 3.02. The number of aryl methyl sites for hydroxylation is 1. The Labute approximate surface area is 182 Å². The minimum Gasteiger partial charge on any atom is -0.497 e. The van der Waals surface area contributed by atoms with Crippen LogP contribution in [0.1, 0.15) is 16.9 Å². The van der Waals surface area contributed by atoms with E-state index in [9.17, 15) is 4.79 Å². The molecule has 31 heavy (non-hydrogen) atoms. The van der Waals surface area contributed by atoms with Crippen molar-refractivity contribution in [3.05, 3.63) is 54.4 Å². The van der Waals surface area contributed by atoms with Crippen LogP contribution in [0.3, 0.4) is 0 Å². The number of hydrogen-bond acceptors (Lipinski definition) is 5. The van der Waals surface area contributed by atoms with Gasteiger partial charge in [-0.15, -0.1) is 0 Å². The lowest BCUT2D eigenvalue weighted by atomic mass is 10.2. The molecule has 0 aliphatic carbocycles. The van der Waals surface area contributed by atoms with Crippen LogP contribution in [0, 0.1) is 0 Å². The number of carbonyl (C=O) groups excluding carboxylic acids is 1. The predicted octanol–water partition coefficient (Wildman–Crippen LogP) is 2.34. The van der Waals surface area contributed by atoms with Gasteiger partial charge in [-0.1, -0.05) is 0 Å². The Morgan fingerprint density at radius 1 is 1.19 bits per heavy atom. The van der Waals surface area contributed by atoms with Gasteiger partial charge in [0, 0.05) is 32.9 Å². The molecule has 8 heteroatoms. The zero-order chi connectivity index (χ0) is 21.6. The van der Waals surface area contributed by atoms with Crippen molar-refractivity contribution in [2.75, 3.05) is 46.5 Å². The maximum atomic E-state index is 13.0. The summed E-state index contributed by atoms with van der Waals surface area (Å²) in [6.07, 6.45) is 2.86. The third-order valence-electron chi connectivity index (χ3n) is 5.51. The van der Waals surface area contributed by atoms with Gasteiger partial charge >= 0.3 is 0 Å². The molecule has 2 aromatic heterocycles. The molecule has 164 valence electrons. The molecule has 3 aromatic rings. The van der Waals surface area contributed by atoms with E-state index in [1.165, 1.54) is 0 Å². The van der Waals surface area contributed by atoms with Gasteiger partial charge in [-0.05, 0) is 55.4 Å². The van der Waals surface area contributed by atoms with Crippen LogP contribution in [-0.2, 0) is 11.8 Å². The number of methoxy groups -OCH3 is 1. The predicted molar refractivity (Wildman–Crippen MR) is 119 cm³/mol. The summed E-state index contributed by atoms with van der Waals surface area (Å²) in [5.74, 6) is 0.624. The Balaban J connectivity index is 1.50. The van der Waals surface area contributed by atoms with Crippen molar-refractivity contribution >= 4 is 5.91 Å². The van der Waals surface area contributed by atoms with Crippen LogP contribution in [0.5, 0.6) is 5.75 Å². The van der Waals surface area contributed by atoms with Crippen molar-refractivity contribution in [2.45, 2.75) is 6.42 Å². The van der Waals surface area contributed by atoms with Gasteiger partial charge in [-0.3, -0.25) is 9.69 Å². The number of morpholine rings is 1. The lowest BCUT2D eigenvalue weighted by Gasteiger charge is -2.26. The van der Waals surface area contributed by atoms with Crippen LogP contribution >= 0.6 is 0 Å². The molecule has 1 aliphatic rings. The number of nitrogens with one attached hydrogen (secondary N) is 1. The molecule has 1 aromatic carbocycles. The number of amides is 1. The van der Waals surface area contributed by atoms with Gasteiger partial charge in [0.25, 0.3) is 5.91 Å². The molecule has 4 rings (SSSR count). The van der Waals surface area contributed by atoms with E-state index in [1.807, 2.05) is 60.3 Å². The fourth-order valence-electron chi connectivity index (χ4n) is 3.74. The molecular formula is C23H29N5O3. The van der Waals surface area contributed by atoms with Gasteiger partial charge in [-0.25, -0.2) is 4.68 Å². The van der Waals surface area contributed by atoms with Crippen LogP contribution in [-0.4, -0.2) is 71.7 Å². The minimum atomic E-state index is -0.134. The first-order valence-electron chi connectivity index (χ1n) is 10.6. The first-order valence-corrected chi connectivity index (χ1v) is 10.6. The third-order valence-corrected chi connectivity index (χ3v) is 5.51. The molecule has 1 amide bonds. The summed E-state index contributed by atoms with van der Waals surface area (Å²) in [7, 11) is 3.60. The minimum absolute atomic E-state index is 0.134. The molecule has 0 unspecified atom stereocenters. The summed E-state index contributed by atoms with van der Waals surface area (Å²) in [6, 6.07) is 13.3. The van der Waals surface area contributed by atoms with Gasteiger partial charge in [-0.2, -0.15) is 5.10 Å². The van der Waals surface area contributed by atoms with E-state index in [4.69, 9.17) is 14.6 Å². The second-order valence-corrected chi connectivity index (χ2v) is 7.59. The van der Waals surface area contributed by atoms with E-state index in [1.54, 1.807) is 11.8 Å². The normalized spacial score (nSPS) is 14.5. The quantitative estimate of drug-likeness (QED) is 0.563. The van der Waals surface area contributed by atoms with Crippen LogP contribution in [0.4, 0.5) is 0 Å². The van der Waals surface area contributed by atoms with Crippen molar-refractivity contribution in [1.82, 2.24) is 24.6 Å². The fraction of sp³-hybridized carbons (Fsp3) is 0.391.